The zero-order valence-corrected chi connectivity index (χ0v) is 15.4. The summed E-state index contributed by atoms with van der Waals surface area (Å²) in [6.45, 7) is 3.70. The van der Waals surface area contributed by atoms with Crippen LogP contribution in [-0.2, 0) is 15.1 Å². The number of carbonyl (C=O) groups is 2. The first-order valence-electron chi connectivity index (χ1n) is 9.24. The van der Waals surface area contributed by atoms with E-state index >= 15 is 0 Å². The third kappa shape index (κ3) is 3.47. The predicted molar refractivity (Wildman–Crippen MR) is 99.1 cm³/mol. The molecule has 0 bridgehead atoms. The van der Waals surface area contributed by atoms with Crippen LogP contribution in [0.2, 0.25) is 0 Å². The topological polar surface area (TPSA) is 83.0 Å². The molecule has 0 aliphatic carbocycles. The van der Waals surface area contributed by atoms with Gasteiger partial charge in [0, 0.05) is 24.2 Å². The van der Waals surface area contributed by atoms with Gasteiger partial charge < -0.3 is 14.7 Å². The molecule has 0 atom stereocenters. The summed E-state index contributed by atoms with van der Waals surface area (Å²) in [5.41, 5.74) is 1.77. The maximum Gasteiger partial charge on any atom is 0.410 e. The number of fused-ring (bicyclic) bond motifs is 1. The number of amides is 2. The van der Waals surface area contributed by atoms with E-state index in [1.165, 1.54) is 4.90 Å². The number of piperidine rings is 1. The van der Waals surface area contributed by atoms with E-state index in [9.17, 15) is 14.7 Å². The van der Waals surface area contributed by atoms with Gasteiger partial charge in [0.15, 0.2) is 0 Å². The molecule has 2 aliphatic rings. The Labute approximate surface area is 157 Å². The van der Waals surface area contributed by atoms with Gasteiger partial charge in [-0.05, 0) is 43.5 Å². The number of aromatic nitrogens is 1. The first-order chi connectivity index (χ1) is 12.9. The fraction of sp³-hybridized carbons (Fsp3) is 0.450. The van der Waals surface area contributed by atoms with Crippen molar-refractivity contribution in [1.82, 2.24) is 14.8 Å². The van der Waals surface area contributed by atoms with Crippen LogP contribution in [0.5, 0.6) is 0 Å². The van der Waals surface area contributed by atoms with E-state index in [0.717, 1.165) is 22.2 Å². The Morgan fingerprint density at radius 3 is 2.70 bits per heavy atom. The Morgan fingerprint density at radius 2 is 2.00 bits per heavy atom. The second kappa shape index (κ2) is 6.81. The molecule has 2 aromatic rings. The highest BCUT2D eigenvalue weighted by atomic mass is 16.6. The highest BCUT2D eigenvalue weighted by Gasteiger charge is 2.36. The molecule has 2 saturated heterocycles. The summed E-state index contributed by atoms with van der Waals surface area (Å²) in [5, 5.41) is 12.1. The lowest BCUT2D eigenvalue weighted by Crippen LogP contribution is -2.48. The smallest absolute Gasteiger partial charge is 0.410 e. The number of ether oxygens (including phenoxy) is 1. The Kier molecular flexibility index (Phi) is 4.47. The van der Waals surface area contributed by atoms with Crippen molar-refractivity contribution in [2.75, 3.05) is 32.8 Å². The molecule has 142 valence electrons. The molecule has 3 heterocycles. The van der Waals surface area contributed by atoms with Crippen molar-refractivity contribution in [3.05, 3.63) is 41.6 Å². The summed E-state index contributed by atoms with van der Waals surface area (Å²) < 4.78 is 4.86. The van der Waals surface area contributed by atoms with Gasteiger partial charge in [0.2, 0.25) is 5.91 Å². The fourth-order valence-corrected chi connectivity index (χ4v) is 3.76. The molecule has 1 aromatic carbocycles. The molecule has 0 radical (unpaired) electrons. The maximum atomic E-state index is 12.4. The van der Waals surface area contributed by atoms with Crippen molar-refractivity contribution >= 4 is 22.9 Å². The minimum Gasteiger partial charge on any atom is -0.448 e. The number of benzene rings is 1. The normalized spacial score (nSPS) is 19.4. The molecule has 7 heteroatoms. The Morgan fingerprint density at radius 1 is 1.22 bits per heavy atom. The number of nitrogens with zero attached hydrogens (tertiary/aromatic N) is 3. The van der Waals surface area contributed by atoms with Crippen LogP contribution in [0.4, 0.5) is 4.79 Å². The van der Waals surface area contributed by atoms with Crippen LogP contribution >= 0.6 is 0 Å². The maximum absolute atomic E-state index is 12.4. The minimum atomic E-state index is -0.956. The van der Waals surface area contributed by atoms with Crippen LogP contribution in [0.1, 0.15) is 24.1 Å². The van der Waals surface area contributed by atoms with Crippen LogP contribution < -0.4 is 0 Å². The number of likely N-dealkylation sites (tertiary alicyclic amines) is 1. The first-order valence-corrected chi connectivity index (χ1v) is 9.24. The van der Waals surface area contributed by atoms with E-state index in [4.69, 9.17) is 4.74 Å². The van der Waals surface area contributed by atoms with E-state index in [-0.39, 0.29) is 12.5 Å². The average Bonchev–Trinajstić information content (AvgIpc) is 3.06. The number of pyridine rings is 1. The van der Waals surface area contributed by atoms with Crippen LogP contribution in [0, 0.1) is 6.92 Å². The summed E-state index contributed by atoms with van der Waals surface area (Å²) >= 11 is 0. The molecule has 7 nitrogen and oxygen atoms in total. The van der Waals surface area contributed by atoms with Gasteiger partial charge in [-0.2, -0.15) is 0 Å². The van der Waals surface area contributed by atoms with Gasteiger partial charge in [-0.1, -0.05) is 12.1 Å². The average molecular weight is 369 g/mol. The summed E-state index contributed by atoms with van der Waals surface area (Å²) in [6, 6.07) is 9.82. The molecule has 2 amide bonds. The molecule has 0 unspecified atom stereocenters. The lowest BCUT2D eigenvalue weighted by atomic mass is 9.84. The molecule has 2 aliphatic heterocycles. The molecular formula is C20H23N3O4. The van der Waals surface area contributed by atoms with E-state index in [1.807, 2.05) is 37.3 Å². The van der Waals surface area contributed by atoms with Gasteiger partial charge in [-0.25, -0.2) is 4.79 Å². The van der Waals surface area contributed by atoms with Crippen molar-refractivity contribution in [2.45, 2.75) is 25.4 Å². The van der Waals surface area contributed by atoms with Crippen LogP contribution in [0.3, 0.4) is 0 Å². The molecule has 4 rings (SSSR count). The quantitative estimate of drug-likeness (QED) is 0.892. The van der Waals surface area contributed by atoms with E-state index in [0.29, 0.717) is 39.1 Å². The van der Waals surface area contributed by atoms with Crippen LogP contribution in [-0.4, -0.2) is 64.7 Å². The fourth-order valence-electron chi connectivity index (χ4n) is 3.76. The molecule has 1 N–H and O–H groups in total. The van der Waals surface area contributed by atoms with Crippen LogP contribution in [0.25, 0.3) is 10.9 Å². The molecule has 2 fully saturated rings. The zero-order chi connectivity index (χ0) is 19.0. The molecule has 27 heavy (non-hydrogen) atoms. The van der Waals surface area contributed by atoms with E-state index in [1.54, 1.807) is 4.90 Å². The summed E-state index contributed by atoms with van der Waals surface area (Å²) in [4.78, 5) is 31.6. The van der Waals surface area contributed by atoms with Gasteiger partial charge in [-0.15, -0.1) is 0 Å². The Balaban J connectivity index is 1.43. The third-order valence-corrected chi connectivity index (χ3v) is 5.48. The summed E-state index contributed by atoms with van der Waals surface area (Å²) in [6.07, 6.45) is 0.499. The number of cyclic esters (lactones) is 1. The van der Waals surface area contributed by atoms with Crippen molar-refractivity contribution in [3.63, 3.8) is 0 Å². The monoisotopic (exact) mass is 369 g/mol. The van der Waals surface area contributed by atoms with Gasteiger partial charge >= 0.3 is 6.09 Å². The third-order valence-electron chi connectivity index (χ3n) is 5.48. The second-order valence-electron chi connectivity index (χ2n) is 7.31. The second-order valence-corrected chi connectivity index (χ2v) is 7.31. The molecule has 0 spiro atoms. The first kappa shape index (κ1) is 17.7. The summed E-state index contributed by atoms with van der Waals surface area (Å²) in [7, 11) is 0. The van der Waals surface area contributed by atoms with Gasteiger partial charge in [0.25, 0.3) is 0 Å². The number of hydrogen-bond acceptors (Lipinski definition) is 5. The number of aryl methyl sites for hydroxylation is 1. The SMILES string of the molecule is Cc1ccc2cc(C3(O)CCN(C(=O)CN4CCOC4=O)CC3)ccc2n1. The highest BCUT2D eigenvalue weighted by molar-refractivity contribution is 5.83. The van der Waals surface area contributed by atoms with Gasteiger partial charge in [0.1, 0.15) is 13.2 Å². The molecular weight excluding hydrogens is 346 g/mol. The number of rotatable bonds is 3. The summed E-state index contributed by atoms with van der Waals surface area (Å²) in [5.74, 6) is -0.103. The number of carbonyl (C=O) groups excluding carboxylic acids is 2. The van der Waals surface area contributed by atoms with E-state index < -0.39 is 11.7 Å². The zero-order valence-electron chi connectivity index (χ0n) is 15.4. The van der Waals surface area contributed by atoms with Gasteiger partial charge in [-0.3, -0.25) is 14.7 Å². The minimum absolute atomic E-state index is 0.0399. The van der Waals surface area contributed by atoms with Gasteiger partial charge in [0.05, 0.1) is 17.7 Å². The van der Waals surface area contributed by atoms with Crippen LogP contribution in [0.15, 0.2) is 30.3 Å². The van der Waals surface area contributed by atoms with Crippen molar-refractivity contribution < 1.29 is 19.4 Å². The van der Waals surface area contributed by atoms with E-state index in [2.05, 4.69) is 4.98 Å². The number of aliphatic hydroxyl groups is 1. The Bertz CT molecular complexity index is 890. The standard InChI is InChI=1S/C20H23N3O4/c1-14-2-3-15-12-16(4-5-17(15)21-14)20(26)6-8-22(9-7-20)18(24)13-23-10-11-27-19(23)25/h2-5,12,26H,6-11,13H2,1H3. The number of hydrogen-bond donors (Lipinski definition) is 1. The lowest BCUT2D eigenvalue weighted by molar-refractivity contribution is -0.136. The molecule has 0 saturated carbocycles. The highest BCUT2D eigenvalue weighted by Crippen LogP contribution is 2.34. The lowest BCUT2D eigenvalue weighted by Gasteiger charge is -2.39. The Hall–Kier alpha value is -2.67. The van der Waals surface area contributed by atoms with Crippen molar-refractivity contribution in [1.29, 1.82) is 0 Å². The van der Waals surface area contributed by atoms with Crippen molar-refractivity contribution in [2.24, 2.45) is 0 Å². The largest absolute Gasteiger partial charge is 0.448 e. The van der Waals surface area contributed by atoms with Crippen molar-refractivity contribution in [3.8, 4) is 0 Å². The molecule has 1 aromatic heterocycles. The predicted octanol–water partition coefficient (Wildman–Crippen LogP) is 1.81.